The van der Waals surface area contributed by atoms with Crippen molar-refractivity contribution in [2.45, 2.75) is 0 Å². The van der Waals surface area contributed by atoms with Gasteiger partial charge in [0.15, 0.2) is 0 Å². The third-order valence-corrected chi connectivity index (χ3v) is 2.80. The number of hydrogen-bond donors (Lipinski definition) is 2. The number of aromatic carboxylic acids is 1. The van der Waals surface area contributed by atoms with Gasteiger partial charge in [0.05, 0.1) is 5.56 Å². The van der Waals surface area contributed by atoms with Crippen LogP contribution in [0.4, 0.5) is 11.6 Å². The van der Waals surface area contributed by atoms with Crippen LogP contribution in [0.15, 0.2) is 55.2 Å². The molecule has 0 amide bonds. The van der Waals surface area contributed by atoms with Crippen LogP contribution in [0, 0.1) is 0 Å². The molecule has 0 fully saturated rings. The first kappa shape index (κ1) is 12.8. The van der Waals surface area contributed by atoms with Gasteiger partial charge in [0.25, 0.3) is 0 Å². The lowest BCUT2D eigenvalue weighted by molar-refractivity contribution is 0.0697. The van der Waals surface area contributed by atoms with E-state index in [9.17, 15) is 4.79 Å². The number of benzene rings is 1. The van der Waals surface area contributed by atoms with Crippen molar-refractivity contribution in [2.75, 3.05) is 5.32 Å². The van der Waals surface area contributed by atoms with Gasteiger partial charge in [-0.05, 0) is 30.3 Å². The van der Waals surface area contributed by atoms with Crippen LogP contribution >= 0.6 is 0 Å². The second-order valence-corrected chi connectivity index (χ2v) is 4.22. The summed E-state index contributed by atoms with van der Waals surface area (Å²) in [5.74, 6) is 0.149. The number of carboxylic acid groups (broad SMARTS) is 1. The molecule has 3 rings (SSSR count). The molecular weight excluding hydrogens is 270 g/mol. The highest BCUT2D eigenvalue weighted by atomic mass is 16.4. The van der Waals surface area contributed by atoms with Crippen molar-refractivity contribution in [1.82, 2.24) is 19.5 Å². The van der Waals surface area contributed by atoms with Gasteiger partial charge in [0.2, 0.25) is 5.95 Å². The van der Waals surface area contributed by atoms with E-state index >= 15 is 0 Å². The molecule has 2 N–H and O–H groups in total. The number of aromatic nitrogens is 4. The first-order valence-corrected chi connectivity index (χ1v) is 6.14. The average molecular weight is 281 g/mol. The Morgan fingerprint density at radius 2 is 1.95 bits per heavy atom. The fourth-order valence-electron chi connectivity index (χ4n) is 1.77. The lowest BCUT2D eigenvalue weighted by Crippen LogP contribution is -2.02. The maximum Gasteiger partial charge on any atom is 0.335 e. The molecule has 2 heterocycles. The lowest BCUT2D eigenvalue weighted by atomic mass is 10.2. The molecule has 0 unspecified atom stereocenters. The molecule has 7 nitrogen and oxygen atoms in total. The minimum absolute atomic E-state index is 0.230. The molecule has 2 aromatic heterocycles. The van der Waals surface area contributed by atoms with E-state index in [1.165, 1.54) is 12.1 Å². The van der Waals surface area contributed by atoms with Crippen LogP contribution in [0.25, 0.3) is 5.82 Å². The Hall–Kier alpha value is -3.22. The van der Waals surface area contributed by atoms with Gasteiger partial charge in [0, 0.05) is 24.3 Å². The molecule has 0 aliphatic carbocycles. The number of hydrogen-bond acceptors (Lipinski definition) is 5. The smallest absolute Gasteiger partial charge is 0.335 e. The molecule has 0 spiro atoms. The maximum atomic E-state index is 10.8. The number of rotatable bonds is 4. The van der Waals surface area contributed by atoms with Gasteiger partial charge in [-0.3, -0.25) is 4.57 Å². The quantitative estimate of drug-likeness (QED) is 0.760. The topological polar surface area (TPSA) is 92.9 Å². The van der Waals surface area contributed by atoms with Crippen molar-refractivity contribution >= 4 is 17.6 Å². The van der Waals surface area contributed by atoms with E-state index < -0.39 is 5.97 Å². The highest BCUT2D eigenvalue weighted by Gasteiger charge is 2.04. The monoisotopic (exact) mass is 281 g/mol. The highest BCUT2D eigenvalue weighted by Crippen LogP contribution is 2.15. The molecule has 0 saturated heterocycles. The largest absolute Gasteiger partial charge is 0.478 e. The van der Waals surface area contributed by atoms with Crippen LogP contribution in [0.5, 0.6) is 0 Å². The van der Waals surface area contributed by atoms with Gasteiger partial charge in [0.1, 0.15) is 12.1 Å². The van der Waals surface area contributed by atoms with Gasteiger partial charge in [-0.2, -0.15) is 4.98 Å². The summed E-state index contributed by atoms with van der Waals surface area (Å²) in [6.45, 7) is 0. The van der Waals surface area contributed by atoms with Crippen molar-refractivity contribution in [3.63, 3.8) is 0 Å². The zero-order chi connectivity index (χ0) is 14.7. The van der Waals surface area contributed by atoms with E-state index in [0.29, 0.717) is 17.5 Å². The van der Waals surface area contributed by atoms with Crippen molar-refractivity contribution in [3.8, 4) is 5.82 Å². The maximum absolute atomic E-state index is 10.8. The minimum Gasteiger partial charge on any atom is -0.478 e. The molecule has 7 heteroatoms. The number of imidazole rings is 1. The van der Waals surface area contributed by atoms with Crippen molar-refractivity contribution in [3.05, 3.63) is 60.8 Å². The van der Waals surface area contributed by atoms with Crippen LogP contribution in [0.2, 0.25) is 0 Å². The van der Waals surface area contributed by atoms with Crippen LogP contribution in [0.3, 0.4) is 0 Å². The third kappa shape index (κ3) is 2.86. The molecule has 0 atom stereocenters. The first-order chi connectivity index (χ1) is 10.2. The van der Waals surface area contributed by atoms with E-state index in [4.69, 9.17) is 5.11 Å². The van der Waals surface area contributed by atoms with Gasteiger partial charge >= 0.3 is 5.97 Å². The second kappa shape index (κ2) is 5.41. The molecule has 3 aromatic rings. The van der Waals surface area contributed by atoms with E-state index in [1.54, 1.807) is 47.7 Å². The van der Waals surface area contributed by atoms with Crippen LogP contribution in [-0.4, -0.2) is 30.6 Å². The molecule has 0 saturated carbocycles. The SMILES string of the molecule is O=C(O)c1ccc(Nc2nccc(-n3ccnc3)n2)cc1. The number of carboxylic acids is 1. The fraction of sp³-hybridized carbons (Fsp3) is 0. The van der Waals surface area contributed by atoms with E-state index in [-0.39, 0.29) is 5.56 Å². The summed E-state index contributed by atoms with van der Waals surface area (Å²) in [7, 11) is 0. The molecule has 0 radical (unpaired) electrons. The Morgan fingerprint density at radius 3 is 2.62 bits per heavy atom. The van der Waals surface area contributed by atoms with E-state index in [0.717, 1.165) is 0 Å². The summed E-state index contributed by atoms with van der Waals surface area (Å²) < 4.78 is 1.76. The van der Waals surface area contributed by atoms with Gasteiger partial charge in [-0.25, -0.2) is 14.8 Å². The normalized spacial score (nSPS) is 10.3. The van der Waals surface area contributed by atoms with Gasteiger partial charge < -0.3 is 10.4 Å². The molecule has 1 aromatic carbocycles. The Balaban J connectivity index is 1.81. The van der Waals surface area contributed by atoms with E-state index in [1.807, 2.05) is 0 Å². The predicted molar refractivity (Wildman–Crippen MR) is 75.8 cm³/mol. The summed E-state index contributed by atoms with van der Waals surface area (Å²) in [5.41, 5.74) is 0.941. The Kier molecular flexibility index (Phi) is 3.30. The zero-order valence-corrected chi connectivity index (χ0v) is 10.8. The molecule has 21 heavy (non-hydrogen) atoms. The van der Waals surface area contributed by atoms with Crippen LogP contribution in [0.1, 0.15) is 10.4 Å². The van der Waals surface area contributed by atoms with Gasteiger partial charge in [-0.1, -0.05) is 0 Å². The first-order valence-electron chi connectivity index (χ1n) is 6.14. The Bertz CT molecular complexity index is 753. The Morgan fingerprint density at radius 1 is 1.14 bits per heavy atom. The Labute approximate surface area is 119 Å². The number of nitrogens with one attached hydrogen (secondary N) is 1. The van der Waals surface area contributed by atoms with Crippen molar-refractivity contribution in [1.29, 1.82) is 0 Å². The lowest BCUT2D eigenvalue weighted by Gasteiger charge is -2.07. The molecule has 0 aliphatic heterocycles. The molecule has 0 aliphatic rings. The summed E-state index contributed by atoms with van der Waals surface area (Å²) in [6.07, 6.45) is 6.73. The van der Waals surface area contributed by atoms with Crippen molar-refractivity contribution < 1.29 is 9.90 Å². The fourth-order valence-corrected chi connectivity index (χ4v) is 1.77. The predicted octanol–water partition coefficient (Wildman–Crippen LogP) is 2.10. The standard InChI is InChI=1S/C14H11N5O2/c20-13(21)10-1-3-11(4-2-10)17-14-16-6-5-12(18-14)19-8-7-15-9-19/h1-9H,(H,20,21)(H,16,17,18). The molecule has 0 bridgehead atoms. The summed E-state index contributed by atoms with van der Waals surface area (Å²) in [6, 6.07) is 8.13. The summed E-state index contributed by atoms with van der Waals surface area (Å²) in [4.78, 5) is 23.2. The minimum atomic E-state index is -0.958. The van der Waals surface area contributed by atoms with E-state index in [2.05, 4.69) is 20.3 Å². The van der Waals surface area contributed by atoms with Crippen LogP contribution < -0.4 is 5.32 Å². The summed E-state index contributed by atoms with van der Waals surface area (Å²) in [5, 5.41) is 11.9. The van der Waals surface area contributed by atoms with Crippen molar-refractivity contribution in [2.24, 2.45) is 0 Å². The van der Waals surface area contributed by atoms with Gasteiger partial charge in [-0.15, -0.1) is 0 Å². The zero-order valence-electron chi connectivity index (χ0n) is 10.8. The third-order valence-electron chi connectivity index (χ3n) is 2.80. The molecule has 104 valence electrons. The number of carbonyl (C=O) groups is 1. The number of nitrogens with zero attached hydrogens (tertiary/aromatic N) is 4. The highest BCUT2D eigenvalue weighted by molar-refractivity contribution is 5.88. The van der Waals surface area contributed by atoms with Crippen LogP contribution in [-0.2, 0) is 0 Å². The second-order valence-electron chi connectivity index (χ2n) is 4.22. The summed E-state index contributed by atoms with van der Waals surface area (Å²) >= 11 is 0. The number of anilines is 2. The molecular formula is C14H11N5O2. The average Bonchev–Trinajstić information content (AvgIpc) is 3.02.